The molecule has 0 radical (unpaired) electrons. The number of rotatable bonds is 0. The molecule has 2 aliphatic rings. The van der Waals surface area contributed by atoms with Crippen molar-refractivity contribution in [3.63, 3.8) is 0 Å². The molecule has 0 N–H and O–H groups in total. The number of carbonyl (C=O) groups excluding carboxylic acids is 1. The first-order chi connectivity index (χ1) is 6.36. The molecule has 3 heteroatoms. The van der Waals surface area contributed by atoms with Crippen LogP contribution in [0, 0.1) is 11.3 Å². The van der Waals surface area contributed by atoms with Crippen molar-refractivity contribution < 1.29 is 9.53 Å². The molecule has 14 heavy (non-hydrogen) atoms. The van der Waals surface area contributed by atoms with Gasteiger partial charge in [0.2, 0.25) is 0 Å². The minimum Gasteiger partial charge on any atom is -0.459 e. The van der Waals surface area contributed by atoms with Crippen molar-refractivity contribution in [2.24, 2.45) is 11.3 Å². The zero-order valence-electron chi connectivity index (χ0n) is 8.97. The van der Waals surface area contributed by atoms with Gasteiger partial charge >= 0.3 is 5.97 Å². The van der Waals surface area contributed by atoms with Crippen LogP contribution in [0.15, 0.2) is 0 Å². The van der Waals surface area contributed by atoms with E-state index in [-0.39, 0.29) is 17.0 Å². The Morgan fingerprint density at radius 3 is 2.71 bits per heavy atom. The molecule has 0 aromatic rings. The first-order valence-electron chi connectivity index (χ1n) is 5.22. The van der Waals surface area contributed by atoms with E-state index in [4.69, 9.17) is 4.74 Å². The largest absolute Gasteiger partial charge is 0.459 e. The molecule has 3 atom stereocenters. The maximum atomic E-state index is 11.4. The predicted molar refractivity (Wildman–Crippen MR) is 63.4 cm³/mol. The first kappa shape index (κ1) is 10.7. The van der Waals surface area contributed by atoms with E-state index >= 15 is 0 Å². The summed E-state index contributed by atoms with van der Waals surface area (Å²) in [6, 6.07) is 0. The standard InChI is InChI=1S/C11H17IO2/c1-10(2)7-6-9(13)14-11(7,3)5-4-8(10)12/h7-8H,4-6H2,1-3H3/t7-,8-,11-/m0/s1. The Balaban J connectivity index is 2.33. The van der Waals surface area contributed by atoms with Gasteiger partial charge in [0, 0.05) is 9.84 Å². The second-order valence-corrected chi connectivity index (χ2v) is 6.87. The Kier molecular flexibility index (Phi) is 2.37. The lowest BCUT2D eigenvalue weighted by atomic mass is 9.62. The monoisotopic (exact) mass is 308 g/mol. The fraction of sp³-hybridized carbons (Fsp3) is 0.909. The number of hydrogen-bond donors (Lipinski definition) is 0. The van der Waals surface area contributed by atoms with E-state index in [9.17, 15) is 4.79 Å². The third kappa shape index (κ3) is 1.39. The molecule has 0 aromatic heterocycles. The molecule has 2 rings (SSSR count). The van der Waals surface area contributed by atoms with Gasteiger partial charge in [0.15, 0.2) is 0 Å². The van der Waals surface area contributed by atoms with Gasteiger partial charge in [0.1, 0.15) is 5.60 Å². The predicted octanol–water partition coefficient (Wildman–Crippen LogP) is 2.93. The number of halogens is 1. The fourth-order valence-corrected chi connectivity index (χ4v) is 3.78. The van der Waals surface area contributed by atoms with Crippen LogP contribution in [0.3, 0.4) is 0 Å². The summed E-state index contributed by atoms with van der Waals surface area (Å²) < 4.78 is 6.15. The Morgan fingerprint density at radius 1 is 1.43 bits per heavy atom. The Labute approximate surface area is 98.9 Å². The van der Waals surface area contributed by atoms with Crippen LogP contribution in [0.4, 0.5) is 0 Å². The Bertz CT molecular complexity index is 274. The van der Waals surface area contributed by atoms with Crippen molar-refractivity contribution in [2.45, 2.75) is 49.6 Å². The van der Waals surface area contributed by atoms with E-state index in [1.54, 1.807) is 0 Å². The van der Waals surface area contributed by atoms with Gasteiger partial charge in [-0.05, 0) is 25.2 Å². The van der Waals surface area contributed by atoms with Crippen LogP contribution in [0.1, 0.15) is 40.0 Å². The molecular formula is C11H17IO2. The lowest BCUT2D eigenvalue weighted by Gasteiger charge is -2.48. The summed E-state index contributed by atoms with van der Waals surface area (Å²) in [6.45, 7) is 6.65. The topological polar surface area (TPSA) is 26.3 Å². The first-order valence-corrected chi connectivity index (χ1v) is 6.47. The maximum Gasteiger partial charge on any atom is 0.306 e. The zero-order chi connectivity index (χ0) is 10.6. The number of fused-ring (bicyclic) bond motifs is 1. The lowest BCUT2D eigenvalue weighted by molar-refractivity contribution is -0.151. The number of hydrogen-bond acceptors (Lipinski definition) is 2. The molecule has 80 valence electrons. The number of esters is 1. The molecule has 0 amide bonds. The molecule has 0 aromatic carbocycles. The van der Waals surface area contributed by atoms with Crippen molar-refractivity contribution in [2.75, 3.05) is 0 Å². The molecule has 2 fully saturated rings. The molecule has 1 aliphatic carbocycles. The maximum absolute atomic E-state index is 11.4. The molecule has 0 unspecified atom stereocenters. The molecule has 1 aliphatic heterocycles. The van der Waals surface area contributed by atoms with Gasteiger partial charge in [-0.3, -0.25) is 4.79 Å². The van der Waals surface area contributed by atoms with Crippen LogP contribution < -0.4 is 0 Å². The summed E-state index contributed by atoms with van der Waals surface area (Å²) in [5.41, 5.74) is 0.0436. The average Bonchev–Trinajstić information content (AvgIpc) is 2.37. The summed E-state index contributed by atoms with van der Waals surface area (Å²) in [6.07, 6.45) is 2.80. The van der Waals surface area contributed by atoms with Crippen molar-refractivity contribution in [3.05, 3.63) is 0 Å². The summed E-state index contributed by atoms with van der Waals surface area (Å²) in [5.74, 6) is 0.397. The van der Waals surface area contributed by atoms with Crippen LogP contribution >= 0.6 is 22.6 Å². The number of alkyl halides is 1. The van der Waals surface area contributed by atoms with E-state index in [2.05, 4.69) is 43.4 Å². The highest BCUT2D eigenvalue weighted by Crippen LogP contribution is 2.55. The minimum absolute atomic E-state index is 0.00363. The SMILES string of the molecule is CC1(C)[C@@H](I)CC[C@]2(C)OC(=O)C[C@@H]12. The van der Waals surface area contributed by atoms with Crippen LogP contribution in [-0.4, -0.2) is 15.5 Å². The van der Waals surface area contributed by atoms with Crippen molar-refractivity contribution in [1.82, 2.24) is 0 Å². The highest BCUT2D eigenvalue weighted by molar-refractivity contribution is 14.1. The molecule has 0 bridgehead atoms. The second kappa shape index (κ2) is 3.09. The Hall–Kier alpha value is 0.200. The van der Waals surface area contributed by atoms with Crippen molar-refractivity contribution in [3.8, 4) is 0 Å². The van der Waals surface area contributed by atoms with E-state index in [1.165, 1.54) is 0 Å². The summed E-state index contributed by atoms with van der Waals surface area (Å²) >= 11 is 2.52. The van der Waals surface area contributed by atoms with Gasteiger partial charge in [0.25, 0.3) is 0 Å². The van der Waals surface area contributed by atoms with Crippen LogP contribution in [-0.2, 0) is 9.53 Å². The van der Waals surface area contributed by atoms with E-state index in [1.807, 2.05) is 0 Å². The summed E-state index contributed by atoms with van der Waals surface area (Å²) in [4.78, 5) is 11.4. The van der Waals surface area contributed by atoms with Gasteiger partial charge in [-0.15, -0.1) is 0 Å². The Morgan fingerprint density at radius 2 is 2.07 bits per heavy atom. The number of carbonyl (C=O) groups is 1. The van der Waals surface area contributed by atoms with Gasteiger partial charge in [0.05, 0.1) is 6.42 Å². The average molecular weight is 308 g/mol. The smallest absolute Gasteiger partial charge is 0.306 e. The van der Waals surface area contributed by atoms with Gasteiger partial charge < -0.3 is 4.74 Å². The van der Waals surface area contributed by atoms with E-state index in [0.29, 0.717) is 16.3 Å². The third-order valence-corrected chi connectivity index (χ3v) is 6.28. The minimum atomic E-state index is -0.178. The molecule has 1 saturated heterocycles. The second-order valence-electron chi connectivity index (χ2n) is 5.37. The van der Waals surface area contributed by atoms with E-state index < -0.39 is 0 Å². The van der Waals surface area contributed by atoms with Crippen LogP contribution in [0.25, 0.3) is 0 Å². The van der Waals surface area contributed by atoms with Gasteiger partial charge in [-0.1, -0.05) is 36.4 Å². The normalized spacial score (nSPS) is 45.9. The lowest BCUT2D eigenvalue weighted by Crippen LogP contribution is -2.49. The molecule has 0 spiro atoms. The summed E-state index contributed by atoms with van der Waals surface area (Å²) in [7, 11) is 0. The molecular weight excluding hydrogens is 291 g/mol. The molecule has 2 nitrogen and oxygen atoms in total. The fourth-order valence-electron chi connectivity index (χ4n) is 3.03. The molecule has 1 heterocycles. The van der Waals surface area contributed by atoms with Crippen LogP contribution in [0.2, 0.25) is 0 Å². The van der Waals surface area contributed by atoms with E-state index in [0.717, 1.165) is 12.8 Å². The third-order valence-electron chi connectivity index (χ3n) is 4.05. The number of ether oxygens (including phenoxy) is 1. The summed E-state index contributed by atoms with van der Waals surface area (Å²) in [5, 5.41) is 0. The highest BCUT2D eigenvalue weighted by atomic mass is 127. The van der Waals surface area contributed by atoms with Gasteiger partial charge in [-0.2, -0.15) is 0 Å². The quantitative estimate of drug-likeness (QED) is 0.391. The van der Waals surface area contributed by atoms with Crippen LogP contribution in [0.5, 0.6) is 0 Å². The highest BCUT2D eigenvalue weighted by Gasteiger charge is 2.57. The molecule has 1 saturated carbocycles. The van der Waals surface area contributed by atoms with Crippen molar-refractivity contribution in [1.29, 1.82) is 0 Å². The zero-order valence-corrected chi connectivity index (χ0v) is 11.1. The van der Waals surface area contributed by atoms with Crippen molar-refractivity contribution >= 4 is 28.6 Å². The van der Waals surface area contributed by atoms with Gasteiger partial charge in [-0.25, -0.2) is 0 Å².